The molecular formula is C29H33Cl2N3O4S. The fourth-order valence-electron chi connectivity index (χ4n) is 3.99. The standard InChI is InChI=1S/C29H33Cl2N3O4S/c1-4-5-17-32-29(36)22(3)33(19-23-12-15-24(30)16-13-23)28(35)20-34(27-18-25(31)14-11-21(27)2)39(37,38)26-9-7-6-8-10-26/h6-16,18,22H,4-5,17,19-20H2,1-3H3,(H,32,36)/t22-/m0/s1. The topological polar surface area (TPSA) is 86.8 Å². The summed E-state index contributed by atoms with van der Waals surface area (Å²) in [5, 5.41) is 3.74. The van der Waals surface area contributed by atoms with Crippen molar-refractivity contribution >= 4 is 50.7 Å². The summed E-state index contributed by atoms with van der Waals surface area (Å²) < 4.78 is 28.8. The summed E-state index contributed by atoms with van der Waals surface area (Å²) in [7, 11) is -4.15. The largest absolute Gasteiger partial charge is 0.354 e. The van der Waals surface area contributed by atoms with Gasteiger partial charge in [0, 0.05) is 23.1 Å². The van der Waals surface area contributed by atoms with Gasteiger partial charge in [-0.1, -0.05) is 72.9 Å². The molecule has 1 N–H and O–H groups in total. The number of benzene rings is 3. The van der Waals surface area contributed by atoms with Gasteiger partial charge in [-0.05, 0) is 67.8 Å². The van der Waals surface area contributed by atoms with Gasteiger partial charge in [-0.15, -0.1) is 0 Å². The first-order chi connectivity index (χ1) is 18.5. The highest BCUT2D eigenvalue weighted by Gasteiger charge is 2.33. The van der Waals surface area contributed by atoms with Crippen molar-refractivity contribution in [1.29, 1.82) is 0 Å². The molecule has 0 bridgehead atoms. The number of sulfonamides is 1. The summed E-state index contributed by atoms with van der Waals surface area (Å²) in [6.45, 7) is 5.45. The summed E-state index contributed by atoms with van der Waals surface area (Å²) in [5.41, 5.74) is 1.66. The van der Waals surface area contributed by atoms with Gasteiger partial charge < -0.3 is 10.2 Å². The highest BCUT2D eigenvalue weighted by atomic mass is 35.5. The molecule has 0 saturated heterocycles. The molecule has 3 aromatic carbocycles. The number of anilines is 1. The Labute approximate surface area is 240 Å². The first-order valence-corrected chi connectivity index (χ1v) is 14.9. The van der Waals surface area contributed by atoms with Gasteiger partial charge in [-0.2, -0.15) is 0 Å². The quantitative estimate of drug-likeness (QED) is 0.269. The average Bonchev–Trinajstić information content (AvgIpc) is 2.92. The Bertz CT molecular complexity index is 1380. The Morgan fingerprint density at radius 1 is 0.949 bits per heavy atom. The SMILES string of the molecule is CCCCNC(=O)[C@H](C)N(Cc1ccc(Cl)cc1)C(=O)CN(c1cc(Cl)ccc1C)S(=O)(=O)c1ccccc1. The molecular weight excluding hydrogens is 557 g/mol. The van der Waals surface area contributed by atoms with Crippen LogP contribution in [0.25, 0.3) is 0 Å². The number of rotatable bonds is 12. The van der Waals surface area contributed by atoms with E-state index in [4.69, 9.17) is 23.2 Å². The number of halogens is 2. The molecule has 0 unspecified atom stereocenters. The summed E-state index contributed by atoms with van der Waals surface area (Å²) >= 11 is 12.3. The van der Waals surface area contributed by atoms with E-state index in [-0.39, 0.29) is 23.0 Å². The molecule has 2 amide bonds. The van der Waals surface area contributed by atoms with Crippen LogP contribution in [-0.2, 0) is 26.2 Å². The lowest BCUT2D eigenvalue weighted by molar-refractivity contribution is -0.139. The zero-order chi connectivity index (χ0) is 28.6. The van der Waals surface area contributed by atoms with Crippen molar-refractivity contribution in [3.63, 3.8) is 0 Å². The zero-order valence-electron chi connectivity index (χ0n) is 22.2. The Morgan fingerprint density at radius 2 is 1.59 bits per heavy atom. The molecule has 0 fully saturated rings. The van der Waals surface area contributed by atoms with Crippen LogP contribution >= 0.6 is 23.2 Å². The van der Waals surface area contributed by atoms with Crippen LogP contribution in [0.2, 0.25) is 10.0 Å². The number of aryl methyl sites for hydroxylation is 1. The van der Waals surface area contributed by atoms with Crippen molar-refractivity contribution in [3.8, 4) is 0 Å². The third-order valence-corrected chi connectivity index (χ3v) is 8.57. The second-order valence-corrected chi connectivity index (χ2v) is 12.0. The highest BCUT2D eigenvalue weighted by molar-refractivity contribution is 7.92. The first kappa shape index (κ1) is 30.5. The Morgan fingerprint density at radius 3 is 2.23 bits per heavy atom. The maximum atomic E-state index is 13.9. The normalized spacial score (nSPS) is 12.0. The molecule has 0 aliphatic rings. The van der Waals surface area contributed by atoms with E-state index in [1.54, 1.807) is 68.4 Å². The van der Waals surface area contributed by atoms with Gasteiger partial charge in [-0.25, -0.2) is 8.42 Å². The molecule has 208 valence electrons. The van der Waals surface area contributed by atoms with Crippen molar-refractivity contribution in [2.24, 2.45) is 0 Å². The minimum atomic E-state index is -4.15. The molecule has 0 aliphatic heterocycles. The number of carbonyl (C=O) groups is 2. The van der Waals surface area contributed by atoms with E-state index < -0.39 is 28.5 Å². The van der Waals surface area contributed by atoms with Gasteiger partial charge >= 0.3 is 0 Å². The van der Waals surface area contributed by atoms with Crippen LogP contribution in [-0.4, -0.2) is 44.3 Å². The summed E-state index contributed by atoms with van der Waals surface area (Å²) in [6.07, 6.45) is 1.72. The van der Waals surface area contributed by atoms with Gasteiger partial charge in [0.05, 0.1) is 10.6 Å². The van der Waals surface area contributed by atoms with E-state index in [1.165, 1.54) is 23.1 Å². The lowest BCUT2D eigenvalue weighted by Crippen LogP contribution is -2.51. The van der Waals surface area contributed by atoms with E-state index in [0.29, 0.717) is 22.2 Å². The van der Waals surface area contributed by atoms with Gasteiger partial charge in [0.1, 0.15) is 12.6 Å². The molecule has 3 rings (SSSR count). The van der Waals surface area contributed by atoms with Crippen LogP contribution in [0.15, 0.2) is 77.7 Å². The molecule has 3 aromatic rings. The van der Waals surface area contributed by atoms with Gasteiger partial charge in [-0.3, -0.25) is 13.9 Å². The number of hydrogen-bond donors (Lipinski definition) is 1. The van der Waals surface area contributed by atoms with E-state index in [0.717, 1.165) is 22.7 Å². The van der Waals surface area contributed by atoms with E-state index in [1.807, 2.05) is 6.92 Å². The van der Waals surface area contributed by atoms with E-state index >= 15 is 0 Å². The van der Waals surface area contributed by atoms with Crippen molar-refractivity contribution in [1.82, 2.24) is 10.2 Å². The number of unbranched alkanes of at least 4 members (excludes halogenated alkanes) is 1. The number of nitrogens with zero attached hydrogens (tertiary/aromatic N) is 2. The second-order valence-electron chi connectivity index (χ2n) is 9.22. The number of amides is 2. The van der Waals surface area contributed by atoms with Crippen molar-refractivity contribution in [2.45, 2.75) is 51.1 Å². The van der Waals surface area contributed by atoms with Gasteiger partial charge in [0.25, 0.3) is 10.0 Å². The van der Waals surface area contributed by atoms with Crippen LogP contribution < -0.4 is 9.62 Å². The minimum Gasteiger partial charge on any atom is -0.354 e. The lowest BCUT2D eigenvalue weighted by atomic mass is 10.1. The maximum Gasteiger partial charge on any atom is 0.264 e. The Kier molecular flexibility index (Phi) is 10.8. The molecule has 0 saturated carbocycles. The smallest absolute Gasteiger partial charge is 0.264 e. The third-order valence-electron chi connectivity index (χ3n) is 6.31. The van der Waals surface area contributed by atoms with Crippen molar-refractivity contribution in [2.75, 3.05) is 17.4 Å². The third kappa shape index (κ3) is 7.97. The summed E-state index contributed by atoms with van der Waals surface area (Å²) in [4.78, 5) is 28.4. The van der Waals surface area contributed by atoms with Gasteiger partial charge in [0.2, 0.25) is 11.8 Å². The Balaban J connectivity index is 2.02. The first-order valence-electron chi connectivity index (χ1n) is 12.7. The molecule has 1 atom stereocenters. The molecule has 0 aliphatic carbocycles. The highest BCUT2D eigenvalue weighted by Crippen LogP contribution is 2.30. The molecule has 0 spiro atoms. The van der Waals surface area contributed by atoms with Crippen LogP contribution in [0.1, 0.15) is 37.8 Å². The number of carbonyl (C=O) groups excluding carboxylic acids is 2. The molecule has 0 radical (unpaired) electrons. The minimum absolute atomic E-state index is 0.0341. The molecule has 0 aromatic heterocycles. The lowest BCUT2D eigenvalue weighted by Gasteiger charge is -2.32. The van der Waals surface area contributed by atoms with Crippen LogP contribution in [0.4, 0.5) is 5.69 Å². The van der Waals surface area contributed by atoms with E-state index in [9.17, 15) is 18.0 Å². The van der Waals surface area contributed by atoms with Gasteiger partial charge in [0.15, 0.2) is 0 Å². The van der Waals surface area contributed by atoms with Crippen molar-refractivity contribution in [3.05, 3.63) is 94.0 Å². The zero-order valence-corrected chi connectivity index (χ0v) is 24.6. The monoisotopic (exact) mass is 589 g/mol. The summed E-state index contributed by atoms with van der Waals surface area (Å²) in [6, 6.07) is 18.9. The number of hydrogen-bond acceptors (Lipinski definition) is 4. The molecule has 10 heteroatoms. The maximum absolute atomic E-state index is 13.9. The molecule has 7 nitrogen and oxygen atoms in total. The van der Waals surface area contributed by atoms with E-state index in [2.05, 4.69) is 5.32 Å². The Hall–Kier alpha value is -3.07. The average molecular weight is 591 g/mol. The molecule has 39 heavy (non-hydrogen) atoms. The van der Waals surface area contributed by atoms with Crippen LogP contribution in [0.3, 0.4) is 0 Å². The number of nitrogens with one attached hydrogen (secondary N) is 1. The predicted molar refractivity (Wildman–Crippen MR) is 157 cm³/mol. The summed E-state index contributed by atoms with van der Waals surface area (Å²) in [5.74, 6) is -0.857. The molecule has 0 heterocycles. The second kappa shape index (κ2) is 13.8. The fraction of sp³-hybridized carbons (Fsp3) is 0.310. The van der Waals surface area contributed by atoms with Crippen LogP contribution in [0.5, 0.6) is 0 Å². The van der Waals surface area contributed by atoms with Crippen molar-refractivity contribution < 1.29 is 18.0 Å². The fourth-order valence-corrected chi connectivity index (χ4v) is 5.77. The predicted octanol–water partition coefficient (Wildman–Crippen LogP) is 5.83. The van der Waals surface area contributed by atoms with Crippen LogP contribution in [0, 0.1) is 6.92 Å².